The normalized spacial score (nSPS) is 11.8. The average molecular weight is 289 g/mol. The summed E-state index contributed by atoms with van der Waals surface area (Å²) in [6, 6.07) is 9.47. The SMILES string of the molecule is CC(C)(C)N(CC(=O)O)Cc1nnc(-c2ccccc2)o1. The molecule has 0 amide bonds. The monoisotopic (exact) mass is 289 g/mol. The number of hydrogen-bond acceptors (Lipinski definition) is 5. The molecule has 1 N–H and O–H groups in total. The minimum atomic E-state index is -0.882. The first kappa shape index (κ1) is 15.2. The van der Waals surface area contributed by atoms with Crippen LogP contribution in [0, 0.1) is 0 Å². The molecule has 0 aliphatic carbocycles. The molecule has 1 aromatic heterocycles. The molecular weight excluding hydrogens is 270 g/mol. The van der Waals surface area contributed by atoms with Crippen molar-refractivity contribution in [2.24, 2.45) is 0 Å². The van der Waals surface area contributed by atoms with Gasteiger partial charge in [-0.05, 0) is 32.9 Å². The van der Waals surface area contributed by atoms with Crippen LogP contribution in [0.15, 0.2) is 34.7 Å². The van der Waals surface area contributed by atoms with Gasteiger partial charge in [-0.25, -0.2) is 0 Å². The van der Waals surface area contributed by atoms with Crippen molar-refractivity contribution in [3.05, 3.63) is 36.2 Å². The van der Waals surface area contributed by atoms with Crippen molar-refractivity contribution in [1.29, 1.82) is 0 Å². The highest BCUT2D eigenvalue weighted by molar-refractivity contribution is 5.69. The number of aliphatic carboxylic acids is 1. The van der Waals surface area contributed by atoms with E-state index in [1.165, 1.54) is 0 Å². The average Bonchev–Trinajstić information content (AvgIpc) is 2.86. The van der Waals surface area contributed by atoms with Crippen LogP contribution >= 0.6 is 0 Å². The van der Waals surface area contributed by atoms with Gasteiger partial charge in [0.25, 0.3) is 0 Å². The van der Waals surface area contributed by atoms with Crippen LogP contribution in [0.1, 0.15) is 26.7 Å². The quantitative estimate of drug-likeness (QED) is 0.910. The van der Waals surface area contributed by atoms with Gasteiger partial charge in [-0.3, -0.25) is 9.69 Å². The fourth-order valence-corrected chi connectivity index (χ4v) is 1.87. The molecule has 112 valence electrons. The van der Waals surface area contributed by atoms with E-state index in [1.807, 2.05) is 51.1 Å². The van der Waals surface area contributed by atoms with E-state index < -0.39 is 5.97 Å². The highest BCUT2D eigenvalue weighted by Crippen LogP contribution is 2.20. The van der Waals surface area contributed by atoms with Crippen molar-refractivity contribution in [2.45, 2.75) is 32.9 Å². The van der Waals surface area contributed by atoms with Gasteiger partial charge in [0.15, 0.2) is 0 Å². The molecule has 0 bridgehead atoms. The summed E-state index contributed by atoms with van der Waals surface area (Å²) < 4.78 is 5.62. The minimum Gasteiger partial charge on any atom is -0.480 e. The molecule has 6 heteroatoms. The van der Waals surface area contributed by atoms with Crippen molar-refractivity contribution in [3.8, 4) is 11.5 Å². The van der Waals surface area contributed by atoms with Crippen LogP contribution in [-0.4, -0.2) is 38.3 Å². The van der Waals surface area contributed by atoms with Crippen LogP contribution in [0.2, 0.25) is 0 Å². The number of carboxylic acid groups (broad SMARTS) is 1. The summed E-state index contributed by atoms with van der Waals surface area (Å²) >= 11 is 0. The molecule has 0 unspecified atom stereocenters. The van der Waals surface area contributed by atoms with Crippen molar-refractivity contribution >= 4 is 5.97 Å². The third-order valence-electron chi connectivity index (χ3n) is 3.09. The van der Waals surface area contributed by atoms with Crippen LogP contribution in [0.25, 0.3) is 11.5 Å². The van der Waals surface area contributed by atoms with Crippen LogP contribution in [0.3, 0.4) is 0 Å². The van der Waals surface area contributed by atoms with Crippen molar-refractivity contribution in [1.82, 2.24) is 15.1 Å². The van der Waals surface area contributed by atoms with Gasteiger partial charge in [0.05, 0.1) is 13.1 Å². The second kappa shape index (κ2) is 6.05. The Bertz CT molecular complexity index is 602. The Hall–Kier alpha value is -2.21. The molecule has 1 aromatic carbocycles. The lowest BCUT2D eigenvalue weighted by atomic mass is 10.1. The summed E-state index contributed by atoms with van der Waals surface area (Å²) in [6.07, 6.45) is 0. The van der Waals surface area contributed by atoms with Crippen molar-refractivity contribution in [2.75, 3.05) is 6.54 Å². The van der Waals surface area contributed by atoms with Gasteiger partial charge >= 0.3 is 5.97 Å². The number of nitrogens with zero attached hydrogens (tertiary/aromatic N) is 3. The van der Waals surface area contributed by atoms with Gasteiger partial charge < -0.3 is 9.52 Å². The van der Waals surface area contributed by atoms with Gasteiger partial charge in [0.2, 0.25) is 11.8 Å². The molecule has 0 fully saturated rings. The van der Waals surface area contributed by atoms with Crippen LogP contribution < -0.4 is 0 Å². The third-order valence-corrected chi connectivity index (χ3v) is 3.09. The molecule has 2 aromatic rings. The summed E-state index contributed by atoms with van der Waals surface area (Å²) in [5.41, 5.74) is 0.538. The largest absolute Gasteiger partial charge is 0.480 e. The minimum absolute atomic E-state index is 0.0768. The predicted molar refractivity (Wildman–Crippen MR) is 77.5 cm³/mol. The van der Waals surface area contributed by atoms with E-state index in [4.69, 9.17) is 9.52 Å². The summed E-state index contributed by atoms with van der Waals surface area (Å²) in [6.45, 7) is 6.07. The molecule has 0 spiro atoms. The molecule has 0 saturated heterocycles. The molecule has 0 saturated carbocycles. The summed E-state index contributed by atoms with van der Waals surface area (Å²) in [5, 5.41) is 17.0. The van der Waals surface area contributed by atoms with E-state index in [0.29, 0.717) is 18.3 Å². The Morgan fingerprint density at radius 1 is 1.24 bits per heavy atom. The Kier molecular flexibility index (Phi) is 4.37. The number of rotatable bonds is 5. The standard InChI is InChI=1S/C15H19N3O3/c1-15(2,3)18(10-13(19)20)9-12-16-17-14(21-12)11-7-5-4-6-8-11/h4-8H,9-10H2,1-3H3,(H,19,20). The number of benzene rings is 1. The molecular formula is C15H19N3O3. The van der Waals surface area contributed by atoms with Gasteiger partial charge in [-0.15, -0.1) is 10.2 Å². The maximum absolute atomic E-state index is 11.0. The van der Waals surface area contributed by atoms with E-state index in [2.05, 4.69) is 10.2 Å². The smallest absolute Gasteiger partial charge is 0.317 e. The van der Waals surface area contributed by atoms with Gasteiger partial charge in [0.1, 0.15) is 0 Å². The van der Waals surface area contributed by atoms with Crippen LogP contribution in [0.4, 0.5) is 0 Å². The van der Waals surface area contributed by atoms with Crippen molar-refractivity contribution < 1.29 is 14.3 Å². The first-order valence-corrected chi connectivity index (χ1v) is 6.71. The van der Waals surface area contributed by atoms with Crippen LogP contribution in [-0.2, 0) is 11.3 Å². The summed E-state index contributed by atoms with van der Waals surface area (Å²) in [5.74, 6) is -0.0347. The van der Waals surface area contributed by atoms with E-state index >= 15 is 0 Å². The zero-order valence-corrected chi connectivity index (χ0v) is 12.4. The Morgan fingerprint density at radius 3 is 2.48 bits per heavy atom. The second-order valence-electron chi connectivity index (χ2n) is 5.79. The topological polar surface area (TPSA) is 79.5 Å². The highest BCUT2D eigenvalue weighted by atomic mass is 16.4. The Labute approximate surface area is 123 Å². The second-order valence-corrected chi connectivity index (χ2v) is 5.79. The Balaban J connectivity index is 2.15. The first-order chi connectivity index (χ1) is 9.86. The molecule has 0 aliphatic rings. The van der Waals surface area contributed by atoms with E-state index in [9.17, 15) is 4.79 Å². The van der Waals surface area contributed by atoms with E-state index in [1.54, 1.807) is 4.90 Å². The predicted octanol–water partition coefficient (Wildman–Crippen LogP) is 2.42. The highest BCUT2D eigenvalue weighted by Gasteiger charge is 2.25. The molecule has 0 atom stereocenters. The molecule has 21 heavy (non-hydrogen) atoms. The van der Waals surface area contributed by atoms with E-state index in [0.717, 1.165) is 5.56 Å². The Morgan fingerprint density at radius 2 is 1.90 bits per heavy atom. The van der Waals surface area contributed by atoms with Gasteiger partial charge in [0, 0.05) is 11.1 Å². The number of hydrogen-bond donors (Lipinski definition) is 1. The lowest BCUT2D eigenvalue weighted by Gasteiger charge is -2.32. The number of aromatic nitrogens is 2. The lowest BCUT2D eigenvalue weighted by Crippen LogP contribution is -2.43. The third kappa shape index (κ3) is 4.13. The van der Waals surface area contributed by atoms with Crippen molar-refractivity contribution in [3.63, 3.8) is 0 Å². The summed E-state index contributed by atoms with van der Waals surface area (Å²) in [4.78, 5) is 12.7. The maximum atomic E-state index is 11.0. The molecule has 2 rings (SSSR count). The lowest BCUT2D eigenvalue weighted by molar-refractivity contribution is -0.140. The number of carboxylic acids is 1. The molecule has 1 heterocycles. The fraction of sp³-hybridized carbons (Fsp3) is 0.400. The summed E-state index contributed by atoms with van der Waals surface area (Å²) in [7, 11) is 0. The first-order valence-electron chi connectivity index (χ1n) is 6.71. The van der Waals surface area contributed by atoms with Crippen LogP contribution in [0.5, 0.6) is 0 Å². The van der Waals surface area contributed by atoms with Gasteiger partial charge in [-0.2, -0.15) is 0 Å². The van der Waals surface area contributed by atoms with Gasteiger partial charge in [-0.1, -0.05) is 18.2 Å². The zero-order valence-electron chi connectivity index (χ0n) is 12.4. The number of carbonyl (C=O) groups is 1. The maximum Gasteiger partial charge on any atom is 0.317 e. The van der Waals surface area contributed by atoms with E-state index in [-0.39, 0.29) is 12.1 Å². The molecule has 0 radical (unpaired) electrons. The fourth-order valence-electron chi connectivity index (χ4n) is 1.87. The zero-order chi connectivity index (χ0) is 15.5. The molecule has 6 nitrogen and oxygen atoms in total. The molecule has 0 aliphatic heterocycles.